The third-order valence-corrected chi connectivity index (χ3v) is 2.76. The molecular formula is C7H11BrN3O6P. The van der Waals surface area contributed by atoms with Crippen LogP contribution in [0.2, 0.25) is 0 Å². The van der Waals surface area contributed by atoms with E-state index in [-0.39, 0.29) is 35.4 Å². The normalized spacial score (nSPS) is 11.5. The van der Waals surface area contributed by atoms with Gasteiger partial charge in [0.25, 0.3) is 0 Å². The quantitative estimate of drug-likeness (QED) is 0.415. The first-order valence-electron chi connectivity index (χ1n) is 4.56. The van der Waals surface area contributed by atoms with E-state index in [0.29, 0.717) is 0 Å². The summed E-state index contributed by atoms with van der Waals surface area (Å²) in [5.41, 5.74) is 5.30. The fourth-order valence-electron chi connectivity index (χ4n) is 0.908. The van der Waals surface area contributed by atoms with E-state index in [1.54, 1.807) is 0 Å². The number of nitrogens with two attached hydrogens (primary N) is 1. The van der Waals surface area contributed by atoms with Crippen molar-refractivity contribution in [3.8, 4) is 11.8 Å². The molecule has 0 radical (unpaired) electrons. The molecule has 1 rings (SSSR count). The molecule has 1 aromatic rings. The van der Waals surface area contributed by atoms with Crippen LogP contribution in [0.4, 0.5) is 5.95 Å². The second kappa shape index (κ2) is 6.30. The average Bonchev–Trinajstić information content (AvgIpc) is 2.22. The summed E-state index contributed by atoms with van der Waals surface area (Å²) in [6.45, 7) is -0.0727. The molecule has 1 heterocycles. The van der Waals surface area contributed by atoms with Gasteiger partial charge in [0, 0.05) is 0 Å². The molecule has 0 amide bonds. The third kappa shape index (κ3) is 5.15. The molecule has 0 atom stereocenters. The Labute approximate surface area is 110 Å². The van der Waals surface area contributed by atoms with Gasteiger partial charge in [0.2, 0.25) is 17.7 Å². The highest BCUT2D eigenvalue weighted by molar-refractivity contribution is 9.10. The van der Waals surface area contributed by atoms with Gasteiger partial charge in [-0.15, -0.1) is 0 Å². The number of nitrogens with zero attached hydrogens (tertiary/aromatic N) is 2. The van der Waals surface area contributed by atoms with Gasteiger partial charge in [-0.1, -0.05) is 0 Å². The first kappa shape index (κ1) is 15.1. The summed E-state index contributed by atoms with van der Waals surface area (Å²) in [5.74, 6) is -0.518. The Morgan fingerprint density at radius 2 is 2.00 bits per heavy atom. The van der Waals surface area contributed by atoms with Crippen molar-refractivity contribution in [2.24, 2.45) is 0 Å². The van der Waals surface area contributed by atoms with Gasteiger partial charge in [0.15, 0.2) is 0 Å². The predicted molar refractivity (Wildman–Crippen MR) is 64.2 cm³/mol. The van der Waals surface area contributed by atoms with Gasteiger partial charge in [-0.25, -0.2) is 0 Å². The standard InChI is InChI=1S/C7H11BrN3O6P/c8-4-5(12)10-7(9)11-6(4)17-2-1-16-3-18(13,14)15/h1-3H2,(H2,13,14,15)(H3,9,10,11,12). The van der Waals surface area contributed by atoms with Crippen LogP contribution >= 0.6 is 23.5 Å². The monoisotopic (exact) mass is 343 g/mol. The van der Waals surface area contributed by atoms with E-state index in [4.69, 9.17) is 20.3 Å². The SMILES string of the molecule is Nc1nc(O)c(Br)c(OCCOCP(=O)(O)O)n1. The number of anilines is 1. The molecule has 0 bridgehead atoms. The van der Waals surface area contributed by atoms with Crippen LogP contribution in [0.3, 0.4) is 0 Å². The van der Waals surface area contributed by atoms with Gasteiger partial charge in [0.1, 0.15) is 17.4 Å². The van der Waals surface area contributed by atoms with Gasteiger partial charge in [-0.3, -0.25) is 4.57 Å². The van der Waals surface area contributed by atoms with Crippen LogP contribution in [0.5, 0.6) is 11.8 Å². The van der Waals surface area contributed by atoms with Crippen molar-refractivity contribution in [2.75, 3.05) is 25.3 Å². The fourth-order valence-corrected chi connectivity index (χ4v) is 1.57. The Kier molecular flexibility index (Phi) is 5.29. The van der Waals surface area contributed by atoms with Gasteiger partial charge in [-0.05, 0) is 15.9 Å². The van der Waals surface area contributed by atoms with Crippen molar-refractivity contribution >= 4 is 29.5 Å². The van der Waals surface area contributed by atoms with Crippen LogP contribution in [-0.4, -0.2) is 44.4 Å². The molecule has 0 spiro atoms. The van der Waals surface area contributed by atoms with Crippen molar-refractivity contribution < 1.29 is 28.9 Å². The van der Waals surface area contributed by atoms with E-state index >= 15 is 0 Å². The maximum absolute atomic E-state index is 10.5. The highest BCUT2D eigenvalue weighted by atomic mass is 79.9. The average molecular weight is 344 g/mol. The first-order chi connectivity index (χ1) is 8.29. The van der Waals surface area contributed by atoms with E-state index in [1.165, 1.54) is 0 Å². The second-order valence-corrected chi connectivity index (χ2v) is 5.46. The number of ether oxygens (including phenoxy) is 2. The van der Waals surface area contributed by atoms with Crippen molar-refractivity contribution in [2.45, 2.75) is 0 Å². The van der Waals surface area contributed by atoms with Gasteiger partial charge in [-0.2, -0.15) is 9.97 Å². The number of hydrogen-bond acceptors (Lipinski definition) is 7. The Bertz CT molecular complexity index is 467. The molecule has 0 saturated heterocycles. The second-order valence-electron chi connectivity index (χ2n) is 3.08. The zero-order valence-electron chi connectivity index (χ0n) is 8.98. The molecule has 0 unspecified atom stereocenters. The predicted octanol–water partition coefficient (Wildman–Crippen LogP) is 0.0575. The Balaban J connectivity index is 2.43. The molecule has 18 heavy (non-hydrogen) atoms. The molecule has 0 aliphatic heterocycles. The largest absolute Gasteiger partial charge is 0.492 e. The Morgan fingerprint density at radius 1 is 1.33 bits per heavy atom. The minimum absolute atomic E-state index is 0.0137. The highest BCUT2D eigenvalue weighted by Gasteiger charge is 2.13. The number of nitrogen functional groups attached to an aromatic ring is 1. The van der Waals surface area contributed by atoms with Crippen LogP contribution in [0.1, 0.15) is 0 Å². The summed E-state index contributed by atoms with van der Waals surface area (Å²) < 4.78 is 20.4. The van der Waals surface area contributed by atoms with Crippen LogP contribution in [0.15, 0.2) is 4.47 Å². The summed E-state index contributed by atoms with van der Waals surface area (Å²) in [7, 11) is -4.18. The van der Waals surface area contributed by atoms with E-state index < -0.39 is 13.9 Å². The summed E-state index contributed by atoms with van der Waals surface area (Å²) >= 11 is 2.99. The van der Waals surface area contributed by atoms with Crippen LogP contribution in [-0.2, 0) is 9.30 Å². The lowest BCUT2D eigenvalue weighted by atomic mass is 10.6. The van der Waals surface area contributed by atoms with E-state index in [1.807, 2.05) is 0 Å². The Hall–Kier alpha value is -0.930. The molecule has 0 saturated carbocycles. The Morgan fingerprint density at radius 3 is 2.61 bits per heavy atom. The van der Waals surface area contributed by atoms with Gasteiger partial charge < -0.3 is 30.1 Å². The smallest absolute Gasteiger partial charge is 0.350 e. The zero-order valence-corrected chi connectivity index (χ0v) is 11.5. The lowest BCUT2D eigenvalue weighted by Crippen LogP contribution is -2.09. The molecule has 9 nitrogen and oxygen atoms in total. The lowest BCUT2D eigenvalue weighted by molar-refractivity contribution is 0.117. The summed E-state index contributed by atoms with van der Waals surface area (Å²) in [6, 6.07) is 0. The van der Waals surface area contributed by atoms with Crippen LogP contribution < -0.4 is 10.5 Å². The van der Waals surface area contributed by atoms with Crippen LogP contribution in [0, 0.1) is 0 Å². The number of rotatable bonds is 6. The molecule has 5 N–H and O–H groups in total. The minimum atomic E-state index is -4.18. The van der Waals surface area contributed by atoms with Gasteiger partial charge in [0.05, 0.1) is 6.61 Å². The zero-order chi connectivity index (χ0) is 13.8. The van der Waals surface area contributed by atoms with Gasteiger partial charge >= 0.3 is 7.60 Å². The molecule has 11 heteroatoms. The van der Waals surface area contributed by atoms with E-state index in [9.17, 15) is 9.67 Å². The van der Waals surface area contributed by atoms with Crippen molar-refractivity contribution in [1.29, 1.82) is 0 Å². The molecule has 1 aromatic heterocycles. The number of halogens is 1. The summed E-state index contributed by atoms with van der Waals surface area (Å²) in [4.78, 5) is 24.2. The van der Waals surface area contributed by atoms with Crippen molar-refractivity contribution in [1.82, 2.24) is 9.97 Å². The summed E-state index contributed by atoms with van der Waals surface area (Å²) in [5, 5.41) is 9.30. The first-order valence-corrected chi connectivity index (χ1v) is 7.16. The number of aromatic nitrogens is 2. The van der Waals surface area contributed by atoms with E-state index in [0.717, 1.165) is 0 Å². The van der Waals surface area contributed by atoms with E-state index in [2.05, 4.69) is 30.6 Å². The summed E-state index contributed by atoms with van der Waals surface area (Å²) in [6.07, 6.45) is -0.686. The number of hydrogen-bond donors (Lipinski definition) is 4. The molecule has 0 aliphatic carbocycles. The van der Waals surface area contributed by atoms with Crippen LogP contribution in [0.25, 0.3) is 0 Å². The molecule has 0 aliphatic rings. The topological polar surface area (TPSA) is 148 Å². The maximum Gasteiger partial charge on any atom is 0.350 e. The number of aromatic hydroxyl groups is 1. The molecule has 102 valence electrons. The third-order valence-electron chi connectivity index (χ3n) is 1.55. The van der Waals surface area contributed by atoms with Crippen molar-refractivity contribution in [3.05, 3.63) is 4.47 Å². The maximum atomic E-state index is 10.5. The van der Waals surface area contributed by atoms with Crippen molar-refractivity contribution in [3.63, 3.8) is 0 Å². The minimum Gasteiger partial charge on any atom is -0.492 e. The fraction of sp³-hybridized carbons (Fsp3) is 0.429. The molecule has 0 aromatic carbocycles. The highest BCUT2D eigenvalue weighted by Crippen LogP contribution is 2.34. The molecule has 0 fully saturated rings. The lowest BCUT2D eigenvalue weighted by Gasteiger charge is -2.09. The molecular weight excluding hydrogens is 333 g/mol.